The number of benzene rings is 3. The second kappa shape index (κ2) is 11.8. The van der Waals surface area contributed by atoms with Gasteiger partial charge in [0.15, 0.2) is 11.5 Å². The average Bonchev–Trinajstić information content (AvgIpc) is 2.84. The maximum absolute atomic E-state index is 12.4. The number of hydrogen-bond donors (Lipinski definition) is 1. The van der Waals surface area contributed by atoms with Crippen LogP contribution in [0, 0.1) is 13.7 Å². The van der Waals surface area contributed by atoms with E-state index in [0.29, 0.717) is 32.8 Å². The highest BCUT2D eigenvalue weighted by atomic mass is 127. The molecule has 0 aliphatic heterocycles. The van der Waals surface area contributed by atoms with E-state index < -0.39 is 4.92 Å². The fraction of sp³-hybridized carbons (Fsp3) is 0.130. The van der Waals surface area contributed by atoms with Gasteiger partial charge in [-0.15, -0.1) is 0 Å². The normalized spacial score (nSPS) is 10.7. The molecule has 0 saturated carbocycles. The van der Waals surface area contributed by atoms with Crippen LogP contribution in [-0.4, -0.2) is 31.3 Å². The number of amides is 1. The summed E-state index contributed by atoms with van der Waals surface area (Å²) in [6.45, 7) is 0.198. The van der Waals surface area contributed by atoms with E-state index in [2.05, 4.69) is 49.0 Å². The summed E-state index contributed by atoms with van der Waals surface area (Å²) in [7, 11) is 3.05. The average molecular weight is 640 g/mol. The number of hydrazone groups is 1. The Morgan fingerprint density at radius 3 is 2.44 bits per heavy atom. The number of carbonyl (C=O) groups is 1. The minimum absolute atomic E-state index is 0.0148. The number of nitrogens with one attached hydrogen (secondary N) is 1. The van der Waals surface area contributed by atoms with Gasteiger partial charge >= 0.3 is 0 Å². The SMILES string of the molecule is COc1cc(C(=O)N/N=C\c2cc(OC)c(OCc3ccc([N+](=O)[O-])cc3)cc2Br)ccc1I. The largest absolute Gasteiger partial charge is 0.496 e. The van der Waals surface area contributed by atoms with Crippen molar-refractivity contribution >= 4 is 56.3 Å². The molecule has 9 nitrogen and oxygen atoms in total. The molecular weight excluding hydrogens is 621 g/mol. The highest BCUT2D eigenvalue weighted by Gasteiger charge is 2.12. The van der Waals surface area contributed by atoms with Crippen LogP contribution in [0.5, 0.6) is 17.2 Å². The van der Waals surface area contributed by atoms with Crippen LogP contribution in [0.3, 0.4) is 0 Å². The first-order valence-electron chi connectivity index (χ1n) is 9.73. The van der Waals surface area contributed by atoms with Crippen LogP contribution in [0.4, 0.5) is 5.69 Å². The molecule has 0 atom stereocenters. The van der Waals surface area contributed by atoms with Gasteiger partial charge in [0, 0.05) is 27.7 Å². The second-order valence-corrected chi connectivity index (χ2v) is 8.80. The summed E-state index contributed by atoms with van der Waals surface area (Å²) in [6.07, 6.45) is 1.48. The number of nitro groups is 1. The summed E-state index contributed by atoms with van der Waals surface area (Å²) < 4.78 is 18.0. The molecule has 0 unspecified atom stereocenters. The van der Waals surface area contributed by atoms with E-state index in [1.54, 1.807) is 49.6 Å². The van der Waals surface area contributed by atoms with Crippen molar-refractivity contribution < 1.29 is 23.9 Å². The first-order valence-corrected chi connectivity index (χ1v) is 11.6. The van der Waals surface area contributed by atoms with Crippen LogP contribution in [0.15, 0.2) is 64.2 Å². The Labute approximate surface area is 217 Å². The summed E-state index contributed by atoms with van der Waals surface area (Å²) in [5, 5.41) is 14.8. The molecule has 0 fully saturated rings. The third-order valence-corrected chi connectivity index (χ3v) is 6.19. The number of nitrogens with zero attached hydrogens (tertiary/aromatic N) is 2. The predicted octanol–water partition coefficient (Wildman–Crippen LogP) is 5.32. The molecule has 0 aliphatic carbocycles. The Balaban J connectivity index is 1.68. The van der Waals surface area contributed by atoms with Crippen molar-refractivity contribution in [1.29, 1.82) is 0 Å². The Morgan fingerprint density at radius 1 is 1.09 bits per heavy atom. The summed E-state index contributed by atoms with van der Waals surface area (Å²) in [5.74, 6) is 1.16. The van der Waals surface area contributed by atoms with E-state index in [4.69, 9.17) is 14.2 Å². The summed E-state index contributed by atoms with van der Waals surface area (Å²) in [4.78, 5) is 22.7. The number of ether oxygens (including phenoxy) is 3. The quantitative estimate of drug-likeness (QED) is 0.147. The molecule has 0 radical (unpaired) electrons. The van der Waals surface area contributed by atoms with Crippen LogP contribution >= 0.6 is 38.5 Å². The Hall–Kier alpha value is -3.19. The summed E-state index contributed by atoms with van der Waals surface area (Å²) in [5.41, 5.74) is 4.34. The monoisotopic (exact) mass is 639 g/mol. The minimum atomic E-state index is -0.454. The lowest BCUT2D eigenvalue weighted by atomic mass is 10.2. The zero-order chi connectivity index (χ0) is 24.7. The number of carbonyl (C=O) groups excluding carboxylic acids is 1. The van der Waals surface area contributed by atoms with E-state index in [9.17, 15) is 14.9 Å². The second-order valence-electron chi connectivity index (χ2n) is 6.79. The van der Waals surface area contributed by atoms with Crippen molar-refractivity contribution in [1.82, 2.24) is 5.43 Å². The number of hydrogen-bond acceptors (Lipinski definition) is 7. The fourth-order valence-corrected chi connectivity index (χ4v) is 3.80. The van der Waals surface area contributed by atoms with Crippen LogP contribution in [0.2, 0.25) is 0 Å². The molecule has 0 heterocycles. The third kappa shape index (κ3) is 6.44. The highest BCUT2D eigenvalue weighted by molar-refractivity contribution is 14.1. The van der Waals surface area contributed by atoms with Crippen molar-refractivity contribution in [2.24, 2.45) is 5.10 Å². The Bertz CT molecular complexity index is 1230. The minimum Gasteiger partial charge on any atom is -0.496 e. The standard InChI is InChI=1S/C23H19BrIN3O6/c1-32-20-9-15(5-8-19(20)25)23(29)27-26-12-16-10-21(33-2)22(11-18(16)24)34-13-14-3-6-17(7-4-14)28(30)31/h3-12H,13H2,1-2H3,(H,27,29)/b26-12-. The molecule has 0 spiro atoms. The maximum Gasteiger partial charge on any atom is 0.271 e. The number of non-ortho nitro benzene ring substituents is 1. The first-order chi connectivity index (χ1) is 16.3. The zero-order valence-corrected chi connectivity index (χ0v) is 21.8. The van der Waals surface area contributed by atoms with E-state index in [-0.39, 0.29) is 18.2 Å². The summed E-state index contributed by atoms with van der Waals surface area (Å²) >= 11 is 5.59. The maximum atomic E-state index is 12.4. The lowest BCUT2D eigenvalue weighted by molar-refractivity contribution is -0.384. The molecule has 34 heavy (non-hydrogen) atoms. The summed E-state index contributed by atoms with van der Waals surface area (Å²) in [6, 6.07) is 14.6. The molecule has 11 heteroatoms. The highest BCUT2D eigenvalue weighted by Crippen LogP contribution is 2.33. The van der Waals surface area contributed by atoms with Crippen molar-refractivity contribution in [3.05, 3.63) is 89.4 Å². The van der Waals surface area contributed by atoms with Crippen molar-refractivity contribution in [3.8, 4) is 17.2 Å². The van der Waals surface area contributed by atoms with E-state index in [0.717, 1.165) is 9.13 Å². The van der Waals surface area contributed by atoms with Crippen molar-refractivity contribution in [2.45, 2.75) is 6.61 Å². The predicted molar refractivity (Wildman–Crippen MR) is 139 cm³/mol. The molecule has 0 aromatic heterocycles. The van der Waals surface area contributed by atoms with Gasteiger partial charge in [-0.05, 0) is 86.5 Å². The molecule has 0 bridgehead atoms. The van der Waals surface area contributed by atoms with Crippen LogP contribution in [0.25, 0.3) is 0 Å². The molecule has 176 valence electrons. The van der Waals surface area contributed by atoms with Crippen LogP contribution < -0.4 is 19.6 Å². The van der Waals surface area contributed by atoms with Gasteiger partial charge in [-0.25, -0.2) is 5.43 Å². The van der Waals surface area contributed by atoms with Crippen molar-refractivity contribution in [2.75, 3.05) is 14.2 Å². The molecule has 0 aliphatic rings. The van der Waals surface area contributed by atoms with Gasteiger partial charge in [0.25, 0.3) is 11.6 Å². The number of halogens is 2. The van der Waals surface area contributed by atoms with Gasteiger partial charge in [-0.3, -0.25) is 14.9 Å². The number of methoxy groups -OCH3 is 2. The molecule has 1 amide bonds. The van der Waals surface area contributed by atoms with E-state index >= 15 is 0 Å². The smallest absolute Gasteiger partial charge is 0.271 e. The van der Waals surface area contributed by atoms with Crippen LogP contribution in [0.1, 0.15) is 21.5 Å². The topological polar surface area (TPSA) is 112 Å². The molecule has 1 N–H and O–H groups in total. The van der Waals surface area contributed by atoms with E-state index in [1.807, 2.05) is 0 Å². The number of nitro benzene ring substituents is 1. The van der Waals surface area contributed by atoms with Gasteiger partial charge in [0.2, 0.25) is 0 Å². The lowest BCUT2D eigenvalue weighted by Gasteiger charge is -2.13. The van der Waals surface area contributed by atoms with Gasteiger partial charge < -0.3 is 14.2 Å². The van der Waals surface area contributed by atoms with Gasteiger partial charge in [-0.2, -0.15) is 5.10 Å². The molecule has 3 aromatic carbocycles. The van der Waals surface area contributed by atoms with Crippen molar-refractivity contribution in [3.63, 3.8) is 0 Å². The molecule has 0 saturated heterocycles. The lowest BCUT2D eigenvalue weighted by Crippen LogP contribution is -2.17. The van der Waals surface area contributed by atoms with Gasteiger partial charge in [0.1, 0.15) is 12.4 Å². The molecular formula is C23H19BrIN3O6. The Kier molecular flexibility index (Phi) is 8.82. The first kappa shape index (κ1) is 25.4. The molecule has 3 rings (SSSR count). The van der Waals surface area contributed by atoms with Gasteiger partial charge in [0.05, 0.1) is 28.9 Å². The fourth-order valence-electron chi connectivity index (χ4n) is 2.82. The third-order valence-electron chi connectivity index (χ3n) is 4.61. The molecule has 3 aromatic rings. The zero-order valence-electron chi connectivity index (χ0n) is 18.1. The van der Waals surface area contributed by atoms with E-state index in [1.165, 1.54) is 25.5 Å². The van der Waals surface area contributed by atoms with Gasteiger partial charge in [-0.1, -0.05) is 0 Å². The Morgan fingerprint density at radius 2 is 1.79 bits per heavy atom. The number of rotatable bonds is 9. The van der Waals surface area contributed by atoms with Crippen LogP contribution in [-0.2, 0) is 6.61 Å².